The Bertz CT molecular complexity index is 281. The van der Waals surface area contributed by atoms with Crippen molar-refractivity contribution >= 4 is 5.97 Å². The third-order valence-electron chi connectivity index (χ3n) is 5.23. The molecule has 0 radical (unpaired) electrons. The summed E-state index contributed by atoms with van der Waals surface area (Å²) < 4.78 is 5.58. The van der Waals surface area contributed by atoms with Crippen molar-refractivity contribution in [1.29, 1.82) is 0 Å². The van der Waals surface area contributed by atoms with Crippen LogP contribution in [0, 0.1) is 23.7 Å². The average Bonchev–Trinajstić information content (AvgIpc) is 2.99. The summed E-state index contributed by atoms with van der Waals surface area (Å²) in [6.45, 7) is 0.701. The normalized spacial score (nSPS) is 37.3. The first-order valence-corrected chi connectivity index (χ1v) is 7.49. The molecule has 0 aromatic rings. The predicted molar refractivity (Wildman–Crippen MR) is 66.5 cm³/mol. The second-order valence-electron chi connectivity index (χ2n) is 6.42. The third-order valence-corrected chi connectivity index (χ3v) is 5.23. The highest BCUT2D eigenvalue weighted by atomic mass is 16.5. The van der Waals surface area contributed by atoms with Gasteiger partial charge in [-0.25, -0.2) is 0 Å². The van der Waals surface area contributed by atoms with Crippen LogP contribution in [0.4, 0.5) is 0 Å². The SMILES string of the molecule is O=C(OCC1CCCCC1)C1CC2CCC1C2. The number of esters is 1. The quantitative estimate of drug-likeness (QED) is 0.700. The lowest BCUT2D eigenvalue weighted by atomic mass is 9.88. The minimum Gasteiger partial charge on any atom is -0.465 e. The van der Waals surface area contributed by atoms with Gasteiger partial charge in [0.25, 0.3) is 0 Å². The standard InChI is InChI=1S/C15H24O2/c16-15(14-9-12-6-7-13(14)8-12)17-10-11-4-2-1-3-5-11/h11-14H,1-10H2. The summed E-state index contributed by atoms with van der Waals surface area (Å²) in [6.07, 6.45) is 11.6. The van der Waals surface area contributed by atoms with Gasteiger partial charge in [-0.3, -0.25) is 4.79 Å². The van der Waals surface area contributed by atoms with Crippen LogP contribution < -0.4 is 0 Å². The first kappa shape index (κ1) is 11.6. The fourth-order valence-electron chi connectivity index (χ4n) is 4.19. The van der Waals surface area contributed by atoms with Crippen LogP contribution >= 0.6 is 0 Å². The molecule has 0 aromatic heterocycles. The number of hydrogen-bond acceptors (Lipinski definition) is 2. The fourth-order valence-corrected chi connectivity index (χ4v) is 4.19. The van der Waals surface area contributed by atoms with Crippen LogP contribution in [0.15, 0.2) is 0 Å². The van der Waals surface area contributed by atoms with E-state index in [-0.39, 0.29) is 11.9 Å². The molecule has 3 atom stereocenters. The van der Waals surface area contributed by atoms with E-state index in [2.05, 4.69) is 0 Å². The summed E-state index contributed by atoms with van der Waals surface area (Å²) in [5.74, 6) is 2.55. The van der Waals surface area contributed by atoms with Crippen LogP contribution in [-0.4, -0.2) is 12.6 Å². The van der Waals surface area contributed by atoms with E-state index in [0.29, 0.717) is 18.4 Å². The average molecular weight is 236 g/mol. The lowest BCUT2D eigenvalue weighted by molar-refractivity contribution is -0.152. The second-order valence-corrected chi connectivity index (χ2v) is 6.42. The number of fused-ring (bicyclic) bond motifs is 2. The molecular formula is C15H24O2. The molecule has 3 aliphatic carbocycles. The van der Waals surface area contributed by atoms with Crippen LogP contribution in [0.5, 0.6) is 0 Å². The first-order valence-electron chi connectivity index (χ1n) is 7.49. The Morgan fingerprint density at radius 1 is 1.00 bits per heavy atom. The smallest absolute Gasteiger partial charge is 0.309 e. The molecule has 0 N–H and O–H groups in total. The summed E-state index contributed by atoms with van der Waals surface area (Å²) in [7, 11) is 0. The minimum absolute atomic E-state index is 0.128. The van der Waals surface area contributed by atoms with Gasteiger partial charge >= 0.3 is 5.97 Å². The number of ether oxygens (including phenoxy) is 1. The molecular weight excluding hydrogens is 212 g/mol. The Kier molecular flexibility index (Phi) is 3.39. The zero-order valence-corrected chi connectivity index (χ0v) is 10.7. The minimum atomic E-state index is 0.128. The highest BCUT2D eigenvalue weighted by Crippen LogP contribution is 2.48. The first-order chi connectivity index (χ1) is 8.33. The number of hydrogen-bond donors (Lipinski definition) is 0. The van der Waals surface area contributed by atoms with Crippen LogP contribution in [0.2, 0.25) is 0 Å². The Labute approximate surface area is 104 Å². The molecule has 2 heteroatoms. The molecule has 3 aliphatic rings. The highest BCUT2D eigenvalue weighted by molar-refractivity contribution is 5.73. The molecule has 0 spiro atoms. The van der Waals surface area contributed by atoms with Crippen molar-refractivity contribution in [2.75, 3.05) is 6.61 Å². The van der Waals surface area contributed by atoms with E-state index in [1.54, 1.807) is 0 Å². The molecule has 3 fully saturated rings. The Morgan fingerprint density at radius 3 is 2.47 bits per heavy atom. The van der Waals surface area contributed by atoms with Gasteiger partial charge in [-0.15, -0.1) is 0 Å². The van der Waals surface area contributed by atoms with E-state index in [4.69, 9.17) is 4.74 Å². The van der Waals surface area contributed by atoms with Crippen molar-refractivity contribution in [3.8, 4) is 0 Å². The predicted octanol–water partition coefficient (Wildman–Crippen LogP) is 3.55. The molecule has 2 bridgehead atoms. The molecule has 3 rings (SSSR count). The van der Waals surface area contributed by atoms with E-state index in [0.717, 1.165) is 12.3 Å². The number of rotatable bonds is 3. The largest absolute Gasteiger partial charge is 0.465 e. The monoisotopic (exact) mass is 236 g/mol. The fraction of sp³-hybridized carbons (Fsp3) is 0.933. The van der Waals surface area contributed by atoms with Gasteiger partial charge < -0.3 is 4.74 Å². The summed E-state index contributed by atoms with van der Waals surface area (Å²) in [4.78, 5) is 12.1. The van der Waals surface area contributed by atoms with E-state index in [1.807, 2.05) is 0 Å². The maximum Gasteiger partial charge on any atom is 0.309 e. The molecule has 0 heterocycles. The Hall–Kier alpha value is -0.530. The van der Waals surface area contributed by atoms with Gasteiger partial charge in [0.05, 0.1) is 12.5 Å². The molecule has 3 saturated carbocycles. The number of carbonyl (C=O) groups is 1. The Morgan fingerprint density at radius 2 is 1.82 bits per heavy atom. The van der Waals surface area contributed by atoms with Crippen molar-refractivity contribution in [2.24, 2.45) is 23.7 Å². The second kappa shape index (κ2) is 4.99. The molecule has 17 heavy (non-hydrogen) atoms. The lowest BCUT2D eigenvalue weighted by Gasteiger charge is -2.24. The summed E-state index contributed by atoms with van der Waals surface area (Å²) in [5.41, 5.74) is 0. The van der Waals surface area contributed by atoms with E-state index in [1.165, 1.54) is 51.4 Å². The molecule has 0 aliphatic heterocycles. The van der Waals surface area contributed by atoms with E-state index in [9.17, 15) is 4.79 Å². The van der Waals surface area contributed by atoms with Gasteiger partial charge in [0, 0.05) is 0 Å². The zero-order chi connectivity index (χ0) is 11.7. The van der Waals surface area contributed by atoms with E-state index < -0.39 is 0 Å². The van der Waals surface area contributed by atoms with Gasteiger partial charge in [0.2, 0.25) is 0 Å². The molecule has 0 saturated heterocycles. The van der Waals surface area contributed by atoms with Gasteiger partial charge in [-0.1, -0.05) is 25.7 Å². The van der Waals surface area contributed by atoms with Crippen LogP contribution in [-0.2, 0) is 9.53 Å². The maximum absolute atomic E-state index is 12.1. The third kappa shape index (κ3) is 2.51. The van der Waals surface area contributed by atoms with Crippen LogP contribution in [0.3, 0.4) is 0 Å². The molecule has 3 unspecified atom stereocenters. The summed E-state index contributed by atoms with van der Waals surface area (Å²) >= 11 is 0. The van der Waals surface area contributed by atoms with Gasteiger partial charge in [0.1, 0.15) is 0 Å². The molecule has 0 aromatic carbocycles. The van der Waals surface area contributed by atoms with Crippen molar-refractivity contribution < 1.29 is 9.53 Å². The van der Waals surface area contributed by atoms with Crippen LogP contribution in [0.1, 0.15) is 57.8 Å². The lowest BCUT2D eigenvalue weighted by Crippen LogP contribution is -2.26. The highest BCUT2D eigenvalue weighted by Gasteiger charge is 2.43. The van der Waals surface area contributed by atoms with E-state index >= 15 is 0 Å². The van der Waals surface area contributed by atoms with Crippen molar-refractivity contribution in [1.82, 2.24) is 0 Å². The molecule has 0 amide bonds. The maximum atomic E-state index is 12.1. The summed E-state index contributed by atoms with van der Waals surface area (Å²) in [5, 5.41) is 0. The molecule has 2 nitrogen and oxygen atoms in total. The van der Waals surface area contributed by atoms with Crippen molar-refractivity contribution in [2.45, 2.75) is 57.8 Å². The van der Waals surface area contributed by atoms with Gasteiger partial charge in [-0.05, 0) is 49.9 Å². The van der Waals surface area contributed by atoms with Crippen molar-refractivity contribution in [3.05, 3.63) is 0 Å². The van der Waals surface area contributed by atoms with Gasteiger partial charge in [0.15, 0.2) is 0 Å². The summed E-state index contributed by atoms with van der Waals surface area (Å²) in [6, 6.07) is 0. The number of carbonyl (C=O) groups excluding carboxylic acids is 1. The Balaban J connectivity index is 1.44. The van der Waals surface area contributed by atoms with Crippen molar-refractivity contribution in [3.63, 3.8) is 0 Å². The van der Waals surface area contributed by atoms with Crippen LogP contribution in [0.25, 0.3) is 0 Å². The van der Waals surface area contributed by atoms with Gasteiger partial charge in [-0.2, -0.15) is 0 Å². The zero-order valence-electron chi connectivity index (χ0n) is 10.7. The topological polar surface area (TPSA) is 26.3 Å². The molecule has 96 valence electrons.